The average Bonchev–Trinajstić information content (AvgIpc) is 3.17. The summed E-state index contributed by atoms with van der Waals surface area (Å²) in [5, 5.41) is 21.1. The molecule has 0 atom stereocenters. The van der Waals surface area contributed by atoms with Gasteiger partial charge in [0.15, 0.2) is 5.69 Å². The molecule has 0 unspecified atom stereocenters. The van der Waals surface area contributed by atoms with Crippen LogP contribution in [-0.4, -0.2) is 30.1 Å². The second kappa shape index (κ2) is 8.73. The smallest absolute Gasteiger partial charge is 0.416 e. The number of nitrogens with one attached hydrogen (secondary N) is 1. The standard InChI is InChI=1S/C25H15F3N4O6/c26-25(27,28)14-8-9-19-17(11-14)20(31-22(33)16-6-1-2-7-18(16)29-24(31)36)21(23(34)35)30(19)12-13-4-3-5-15(10-13)32(37)38/h1-11H,12H2,(H,29,36)(H,34,35). The number of aromatic amines is 1. The van der Waals surface area contributed by atoms with Gasteiger partial charge in [-0.2, -0.15) is 13.2 Å². The van der Waals surface area contributed by atoms with E-state index in [0.717, 1.165) is 16.7 Å². The van der Waals surface area contributed by atoms with Crippen molar-refractivity contribution in [3.8, 4) is 5.69 Å². The van der Waals surface area contributed by atoms with Crippen LogP contribution >= 0.6 is 0 Å². The van der Waals surface area contributed by atoms with Gasteiger partial charge in [-0.05, 0) is 35.9 Å². The zero-order valence-corrected chi connectivity index (χ0v) is 19.0. The minimum atomic E-state index is -4.81. The van der Waals surface area contributed by atoms with Crippen LogP contribution in [0, 0.1) is 10.1 Å². The number of nitrogens with zero attached hydrogens (tertiary/aromatic N) is 3. The minimum Gasteiger partial charge on any atom is -0.477 e. The van der Waals surface area contributed by atoms with Crippen molar-refractivity contribution in [3.63, 3.8) is 0 Å². The molecule has 0 saturated carbocycles. The highest BCUT2D eigenvalue weighted by Gasteiger charge is 2.33. The number of benzene rings is 3. The van der Waals surface area contributed by atoms with Crippen molar-refractivity contribution in [1.29, 1.82) is 0 Å². The monoisotopic (exact) mass is 524 g/mol. The van der Waals surface area contributed by atoms with Gasteiger partial charge < -0.3 is 14.7 Å². The lowest BCUT2D eigenvalue weighted by atomic mass is 10.1. The maximum absolute atomic E-state index is 13.6. The Kier molecular flexibility index (Phi) is 5.62. The molecule has 2 N–H and O–H groups in total. The van der Waals surface area contributed by atoms with Gasteiger partial charge in [-0.15, -0.1) is 0 Å². The quantitative estimate of drug-likeness (QED) is 0.259. The van der Waals surface area contributed by atoms with E-state index in [4.69, 9.17) is 0 Å². The van der Waals surface area contributed by atoms with E-state index in [1.807, 2.05) is 0 Å². The van der Waals surface area contributed by atoms with Crippen molar-refractivity contribution >= 4 is 33.5 Å². The van der Waals surface area contributed by atoms with Crippen LogP contribution in [0.4, 0.5) is 18.9 Å². The van der Waals surface area contributed by atoms with Crippen molar-refractivity contribution in [2.24, 2.45) is 0 Å². The molecule has 5 aromatic rings. The molecule has 0 aliphatic rings. The summed E-state index contributed by atoms with van der Waals surface area (Å²) in [4.78, 5) is 52.0. The third-order valence-electron chi connectivity index (χ3n) is 6.06. The molecular weight excluding hydrogens is 509 g/mol. The Balaban J connectivity index is 1.90. The van der Waals surface area contributed by atoms with Crippen LogP contribution in [0.1, 0.15) is 21.6 Å². The van der Waals surface area contributed by atoms with E-state index >= 15 is 0 Å². The Bertz CT molecular complexity index is 1900. The number of non-ortho nitro benzene ring substituents is 1. The molecule has 13 heteroatoms. The number of carboxylic acid groups (broad SMARTS) is 1. The third-order valence-corrected chi connectivity index (χ3v) is 6.06. The molecule has 0 bridgehead atoms. The van der Waals surface area contributed by atoms with E-state index in [9.17, 15) is 42.8 Å². The normalized spacial score (nSPS) is 11.8. The fourth-order valence-electron chi connectivity index (χ4n) is 4.44. The summed E-state index contributed by atoms with van der Waals surface area (Å²) >= 11 is 0. The molecule has 0 amide bonds. The molecule has 10 nitrogen and oxygen atoms in total. The third kappa shape index (κ3) is 3.99. The second-order valence-electron chi connectivity index (χ2n) is 8.36. The minimum absolute atomic E-state index is 0.00926. The molecule has 0 saturated heterocycles. The van der Waals surface area contributed by atoms with Crippen LogP contribution in [0.15, 0.2) is 76.3 Å². The predicted octanol–water partition coefficient (Wildman–Crippen LogP) is 4.31. The first-order chi connectivity index (χ1) is 18.0. The van der Waals surface area contributed by atoms with Gasteiger partial charge in [0, 0.05) is 24.1 Å². The summed E-state index contributed by atoms with van der Waals surface area (Å²) < 4.78 is 42.5. The predicted molar refractivity (Wildman–Crippen MR) is 130 cm³/mol. The molecule has 2 heterocycles. The molecule has 0 radical (unpaired) electrons. The van der Waals surface area contributed by atoms with Crippen molar-refractivity contribution in [2.75, 3.05) is 0 Å². The first kappa shape index (κ1) is 24.5. The van der Waals surface area contributed by atoms with Gasteiger partial charge in [0.05, 0.1) is 32.6 Å². The van der Waals surface area contributed by atoms with E-state index in [-0.39, 0.29) is 39.6 Å². The Morgan fingerprint density at radius 1 is 1.00 bits per heavy atom. The molecule has 5 rings (SSSR count). The van der Waals surface area contributed by atoms with Gasteiger partial charge in [-0.25, -0.2) is 14.2 Å². The summed E-state index contributed by atoms with van der Waals surface area (Å²) in [6.07, 6.45) is -4.81. The van der Waals surface area contributed by atoms with Crippen LogP contribution in [0.5, 0.6) is 0 Å². The van der Waals surface area contributed by atoms with E-state index < -0.39 is 45.3 Å². The zero-order valence-electron chi connectivity index (χ0n) is 19.0. The number of aromatic nitrogens is 3. The van der Waals surface area contributed by atoms with Gasteiger partial charge in [-0.3, -0.25) is 14.9 Å². The Labute approximate surface area is 209 Å². The number of rotatable bonds is 5. The first-order valence-electron chi connectivity index (χ1n) is 10.9. The maximum Gasteiger partial charge on any atom is 0.416 e. The number of hydrogen-bond donors (Lipinski definition) is 2. The molecule has 0 fully saturated rings. The van der Waals surface area contributed by atoms with Gasteiger partial charge >= 0.3 is 17.8 Å². The fraction of sp³-hybridized carbons (Fsp3) is 0.0800. The Morgan fingerprint density at radius 3 is 2.42 bits per heavy atom. The topological polar surface area (TPSA) is 140 Å². The molecule has 2 aromatic heterocycles. The highest BCUT2D eigenvalue weighted by molar-refractivity contribution is 6.03. The van der Waals surface area contributed by atoms with Crippen molar-refractivity contribution in [3.05, 3.63) is 115 Å². The number of hydrogen-bond acceptors (Lipinski definition) is 5. The number of nitro groups is 1. The summed E-state index contributed by atoms with van der Waals surface area (Å²) in [6.45, 7) is -0.314. The van der Waals surface area contributed by atoms with Crippen molar-refractivity contribution in [1.82, 2.24) is 14.1 Å². The average molecular weight is 524 g/mol. The molecule has 38 heavy (non-hydrogen) atoms. The summed E-state index contributed by atoms with van der Waals surface area (Å²) in [5.74, 6) is -1.63. The zero-order chi connectivity index (χ0) is 27.4. The highest BCUT2D eigenvalue weighted by atomic mass is 19.4. The molecule has 3 aromatic carbocycles. The largest absolute Gasteiger partial charge is 0.477 e. The second-order valence-corrected chi connectivity index (χ2v) is 8.36. The summed E-state index contributed by atoms with van der Waals surface area (Å²) in [5.41, 5.74) is -4.19. The van der Waals surface area contributed by atoms with E-state index in [1.54, 1.807) is 6.07 Å². The number of fused-ring (bicyclic) bond motifs is 2. The van der Waals surface area contributed by atoms with Crippen molar-refractivity contribution < 1.29 is 28.0 Å². The molecular formula is C25H15F3N4O6. The SMILES string of the molecule is O=C(O)c1c(-n2c(=O)[nH]c3ccccc3c2=O)c2cc(C(F)(F)F)ccc2n1Cc1cccc([N+](=O)[O-])c1. The van der Waals surface area contributed by atoms with Gasteiger partial charge in [0.25, 0.3) is 11.2 Å². The lowest BCUT2D eigenvalue weighted by Crippen LogP contribution is -2.34. The summed E-state index contributed by atoms with van der Waals surface area (Å²) in [7, 11) is 0. The molecule has 0 spiro atoms. The van der Waals surface area contributed by atoms with Crippen LogP contribution in [-0.2, 0) is 12.7 Å². The van der Waals surface area contributed by atoms with Crippen molar-refractivity contribution in [2.45, 2.75) is 12.7 Å². The number of para-hydroxylation sites is 1. The Morgan fingerprint density at radius 2 is 1.74 bits per heavy atom. The van der Waals surface area contributed by atoms with Crippen LogP contribution in [0.3, 0.4) is 0 Å². The van der Waals surface area contributed by atoms with E-state index in [2.05, 4.69) is 4.98 Å². The summed E-state index contributed by atoms with van der Waals surface area (Å²) in [6, 6.07) is 13.6. The van der Waals surface area contributed by atoms with Crippen LogP contribution in [0.25, 0.3) is 27.5 Å². The number of carboxylic acids is 1. The van der Waals surface area contributed by atoms with E-state index in [0.29, 0.717) is 10.6 Å². The van der Waals surface area contributed by atoms with Gasteiger partial charge in [-0.1, -0.05) is 24.3 Å². The number of alkyl halides is 3. The number of aromatic carboxylic acids is 1. The first-order valence-corrected chi connectivity index (χ1v) is 10.9. The number of H-pyrrole nitrogens is 1. The lowest BCUT2D eigenvalue weighted by Gasteiger charge is -2.10. The lowest BCUT2D eigenvalue weighted by molar-refractivity contribution is -0.384. The van der Waals surface area contributed by atoms with Crippen LogP contribution < -0.4 is 11.2 Å². The fourth-order valence-corrected chi connectivity index (χ4v) is 4.44. The molecule has 0 aliphatic carbocycles. The van der Waals surface area contributed by atoms with Gasteiger partial charge in [0.1, 0.15) is 0 Å². The number of carbonyl (C=O) groups is 1. The molecule has 0 aliphatic heterocycles. The molecule has 192 valence electrons. The van der Waals surface area contributed by atoms with Crippen LogP contribution in [0.2, 0.25) is 0 Å². The Hall–Kier alpha value is -5.20. The number of halogens is 3. The maximum atomic E-state index is 13.6. The van der Waals surface area contributed by atoms with Gasteiger partial charge in [0.2, 0.25) is 0 Å². The number of nitro benzene ring substituents is 1. The highest BCUT2D eigenvalue weighted by Crippen LogP contribution is 2.36. The van der Waals surface area contributed by atoms with E-state index in [1.165, 1.54) is 42.5 Å².